The predicted molar refractivity (Wildman–Crippen MR) is 131 cm³/mol. The van der Waals surface area contributed by atoms with E-state index in [-0.39, 0.29) is 30.1 Å². The van der Waals surface area contributed by atoms with Gasteiger partial charge < -0.3 is 21.1 Å². The number of carbonyl (C=O) groups excluding carboxylic acids is 3. The molecule has 0 saturated heterocycles. The van der Waals surface area contributed by atoms with Gasteiger partial charge in [-0.05, 0) is 54.4 Å². The van der Waals surface area contributed by atoms with E-state index in [2.05, 4.69) is 16.0 Å². The highest BCUT2D eigenvalue weighted by Gasteiger charge is 2.25. The van der Waals surface area contributed by atoms with Gasteiger partial charge in [0.25, 0.3) is 11.8 Å². The molecule has 0 aromatic heterocycles. The second kappa shape index (κ2) is 12.7. The highest BCUT2D eigenvalue weighted by Crippen LogP contribution is 2.22. The number of benzene rings is 3. The van der Waals surface area contributed by atoms with Crippen LogP contribution in [0, 0.1) is 11.6 Å². The SMILES string of the molecule is C[C@@H](O)[C@H](NC(=O)c1ccc(-c2ccc(NC(=O)CNCc3c(F)cccc3F)cc2)cc1)C(=O)NO. The van der Waals surface area contributed by atoms with Crippen LogP contribution in [0.25, 0.3) is 11.1 Å². The number of amides is 3. The predicted octanol–water partition coefficient (Wildman–Crippen LogP) is 2.34. The summed E-state index contributed by atoms with van der Waals surface area (Å²) in [6.07, 6.45) is -1.22. The molecule has 0 saturated carbocycles. The maximum absolute atomic E-state index is 13.7. The highest BCUT2D eigenvalue weighted by molar-refractivity contribution is 5.98. The van der Waals surface area contributed by atoms with Gasteiger partial charge in [-0.15, -0.1) is 0 Å². The Labute approximate surface area is 211 Å². The third-order valence-corrected chi connectivity index (χ3v) is 5.46. The standard InChI is InChI=1S/C26H26F2N4O5/c1-15(33)24(26(36)32-37)31-25(35)18-7-5-16(6-8-18)17-9-11-19(12-10-17)30-23(34)14-29-13-20-21(27)3-2-4-22(20)28/h2-12,15,24,29,33,37H,13-14H2,1H3,(H,30,34)(H,31,35)(H,32,36)/t15-,24+/m1/s1. The van der Waals surface area contributed by atoms with Gasteiger partial charge in [0, 0.05) is 23.4 Å². The number of hydroxylamine groups is 1. The van der Waals surface area contributed by atoms with Crippen LogP contribution < -0.4 is 21.4 Å². The van der Waals surface area contributed by atoms with E-state index in [0.29, 0.717) is 5.69 Å². The van der Waals surface area contributed by atoms with Crippen molar-refractivity contribution in [1.82, 2.24) is 16.1 Å². The van der Waals surface area contributed by atoms with Gasteiger partial charge in [-0.25, -0.2) is 14.3 Å². The van der Waals surface area contributed by atoms with Crippen molar-refractivity contribution in [2.24, 2.45) is 0 Å². The van der Waals surface area contributed by atoms with Crippen molar-refractivity contribution < 1.29 is 33.5 Å². The third kappa shape index (κ3) is 7.40. The van der Waals surface area contributed by atoms with E-state index >= 15 is 0 Å². The Morgan fingerprint density at radius 1 is 0.892 bits per heavy atom. The maximum atomic E-state index is 13.7. The molecule has 9 nitrogen and oxygen atoms in total. The number of halogens is 2. The fourth-order valence-corrected chi connectivity index (χ4v) is 3.47. The molecule has 3 amide bonds. The van der Waals surface area contributed by atoms with Gasteiger partial charge in [0.05, 0.1) is 12.6 Å². The molecule has 3 aromatic rings. The van der Waals surface area contributed by atoms with Gasteiger partial charge >= 0.3 is 0 Å². The summed E-state index contributed by atoms with van der Waals surface area (Å²) in [4.78, 5) is 36.1. The minimum absolute atomic E-state index is 0.132. The van der Waals surface area contributed by atoms with E-state index in [1.54, 1.807) is 48.5 Å². The molecule has 0 spiro atoms. The van der Waals surface area contributed by atoms with Gasteiger partial charge in [-0.2, -0.15) is 0 Å². The van der Waals surface area contributed by atoms with E-state index in [1.807, 2.05) is 0 Å². The number of hydrogen-bond donors (Lipinski definition) is 6. The molecular weight excluding hydrogens is 486 g/mol. The Morgan fingerprint density at radius 2 is 1.46 bits per heavy atom. The molecule has 11 heteroatoms. The lowest BCUT2D eigenvalue weighted by Crippen LogP contribution is -2.51. The van der Waals surface area contributed by atoms with Crippen LogP contribution in [-0.2, 0) is 16.1 Å². The average Bonchev–Trinajstić information content (AvgIpc) is 2.88. The van der Waals surface area contributed by atoms with E-state index in [4.69, 9.17) is 5.21 Å². The topological polar surface area (TPSA) is 140 Å². The summed E-state index contributed by atoms with van der Waals surface area (Å²) < 4.78 is 27.3. The summed E-state index contributed by atoms with van der Waals surface area (Å²) in [5.74, 6) is -3.30. The van der Waals surface area contributed by atoms with Crippen LogP contribution in [0.1, 0.15) is 22.8 Å². The molecule has 0 bridgehead atoms. The molecule has 0 unspecified atom stereocenters. The van der Waals surface area contributed by atoms with Gasteiger partial charge in [-0.1, -0.05) is 30.3 Å². The number of hydrogen-bond acceptors (Lipinski definition) is 6. The molecular formula is C26H26F2N4O5. The van der Waals surface area contributed by atoms with Crippen LogP contribution >= 0.6 is 0 Å². The second-order valence-electron chi connectivity index (χ2n) is 8.17. The quantitative estimate of drug-likeness (QED) is 0.182. The van der Waals surface area contributed by atoms with Crippen molar-refractivity contribution in [3.05, 3.63) is 89.5 Å². The molecule has 6 N–H and O–H groups in total. The Hall–Kier alpha value is -4.19. The van der Waals surface area contributed by atoms with Gasteiger partial charge in [-0.3, -0.25) is 19.6 Å². The first kappa shape index (κ1) is 27.4. The van der Waals surface area contributed by atoms with Gasteiger partial charge in [0.2, 0.25) is 5.91 Å². The Kier molecular flexibility index (Phi) is 9.39. The van der Waals surface area contributed by atoms with Crippen LogP contribution in [0.3, 0.4) is 0 Å². The average molecular weight is 513 g/mol. The normalized spacial score (nSPS) is 12.4. The van der Waals surface area contributed by atoms with Gasteiger partial charge in [0.15, 0.2) is 0 Å². The summed E-state index contributed by atoms with van der Waals surface area (Å²) in [7, 11) is 0. The number of nitrogens with one attached hydrogen (secondary N) is 4. The molecule has 0 heterocycles. The molecule has 3 aromatic carbocycles. The Morgan fingerprint density at radius 3 is 2.00 bits per heavy atom. The summed E-state index contributed by atoms with van der Waals surface area (Å²) in [6.45, 7) is 1.03. The van der Waals surface area contributed by atoms with Crippen molar-refractivity contribution >= 4 is 23.4 Å². The van der Waals surface area contributed by atoms with Crippen molar-refractivity contribution in [3.8, 4) is 11.1 Å². The second-order valence-corrected chi connectivity index (χ2v) is 8.17. The van der Waals surface area contributed by atoms with Crippen molar-refractivity contribution in [2.45, 2.75) is 25.6 Å². The Balaban J connectivity index is 1.54. The van der Waals surface area contributed by atoms with Gasteiger partial charge in [0.1, 0.15) is 17.7 Å². The largest absolute Gasteiger partial charge is 0.391 e. The fourth-order valence-electron chi connectivity index (χ4n) is 3.47. The molecule has 0 aliphatic heterocycles. The highest BCUT2D eigenvalue weighted by atomic mass is 19.1. The minimum Gasteiger partial charge on any atom is -0.391 e. The maximum Gasteiger partial charge on any atom is 0.268 e. The van der Waals surface area contributed by atoms with E-state index < -0.39 is 35.6 Å². The molecule has 0 radical (unpaired) electrons. The van der Waals surface area contributed by atoms with Crippen LogP contribution in [0.2, 0.25) is 0 Å². The Bertz CT molecular complexity index is 1230. The lowest BCUT2D eigenvalue weighted by atomic mass is 10.0. The van der Waals surface area contributed by atoms with Crippen LogP contribution in [-0.4, -0.2) is 46.7 Å². The summed E-state index contributed by atoms with van der Waals surface area (Å²) >= 11 is 0. The van der Waals surface area contributed by atoms with Crippen LogP contribution in [0.5, 0.6) is 0 Å². The number of carbonyl (C=O) groups is 3. The first-order chi connectivity index (χ1) is 17.7. The molecule has 2 atom stereocenters. The summed E-state index contributed by atoms with van der Waals surface area (Å²) in [6, 6.07) is 15.6. The first-order valence-corrected chi connectivity index (χ1v) is 11.3. The number of anilines is 1. The minimum atomic E-state index is -1.32. The summed E-state index contributed by atoms with van der Waals surface area (Å²) in [5.41, 5.74) is 3.61. The third-order valence-electron chi connectivity index (χ3n) is 5.46. The first-order valence-electron chi connectivity index (χ1n) is 11.3. The molecule has 0 aliphatic carbocycles. The molecule has 0 fully saturated rings. The zero-order chi connectivity index (χ0) is 26.9. The van der Waals surface area contributed by atoms with Crippen molar-refractivity contribution in [2.75, 3.05) is 11.9 Å². The van der Waals surface area contributed by atoms with E-state index in [1.165, 1.54) is 18.5 Å². The number of aliphatic hydroxyl groups excluding tert-OH is 1. The molecule has 194 valence electrons. The summed E-state index contributed by atoms with van der Waals surface area (Å²) in [5, 5.41) is 26.2. The zero-order valence-electron chi connectivity index (χ0n) is 19.8. The lowest BCUT2D eigenvalue weighted by molar-refractivity contribution is -0.133. The molecule has 37 heavy (non-hydrogen) atoms. The van der Waals surface area contributed by atoms with Crippen molar-refractivity contribution in [1.29, 1.82) is 0 Å². The zero-order valence-corrected chi connectivity index (χ0v) is 19.8. The van der Waals surface area contributed by atoms with E-state index in [0.717, 1.165) is 23.3 Å². The van der Waals surface area contributed by atoms with Crippen LogP contribution in [0.15, 0.2) is 66.7 Å². The fraction of sp³-hybridized carbons (Fsp3) is 0.192. The monoisotopic (exact) mass is 512 g/mol. The molecule has 3 rings (SSSR count). The smallest absolute Gasteiger partial charge is 0.268 e. The molecule has 0 aliphatic rings. The van der Waals surface area contributed by atoms with E-state index in [9.17, 15) is 28.3 Å². The van der Waals surface area contributed by atoms with Crippen molar-refractivity contribution in [3.63, 3.8) is 0 Å². The number of rotatable bonds is 10. The lowest BCUT2D eigenvalue weighted by Gasteiger charge is -2.19. The van der Waals surface area contributed by atoms with Crippen LogP contribution in [0.4, 0.5) is 14.5 Å². The number of aliphatic hydroxyl groups is 1.